The molecule has 0 bridgehead atoms. The van der Waals surface area contributed by atoms with Gasteiger partial charge in [-0.2, -0.15) is 0 Å². The highest BCUT2D eigenvalue weighted by molar-refractivity contribution is 6.37. The maximum atomic E-state index is 14.1. The van der Waals surface area contributed by atoms with E-state index in [0.717, 1.165) is 38.5 Å². The zero-order valence-electron chi connectivity index (χ0n) is 23.8. The number of likely N-dealkylation sites (tertiary alicyclic amines) is 1. The van der Waals surface area contributed by atoms with Gasteiger partial charge in [0.2, 0.25) is 17.6 Å². The molecule has 2 heterocycles. The quantitative estimate of drug-likeness (QED) is 0.370. The number of Topliss-reactive ketones (excluding diaryl/α,β-unsaturated/α-hetero) is 1. The maximum absolute atomic E-state index is 14.1. The monoisotopic (exact) mass is 548 g/mol. The van der Waals surface area contributed by atoms with Crippen LogP contribution in [0.4, 0.5) is 4.79 Å². The van der Waals surface area contributed by atoms with Gasteiger partial charge in [-0.15, -0.1) is 0 Å². The van der Waals surface area contributed by atoms with E-state index >= 15 is 0 Å². The second kappa shape index (κ2) is 11.1. The Hall–Kier alpha value is -2.69. The first-order valence-electron chi connectivity index (χ1n) is 14.3. The number of amides is 4. The van der Waals surface area contributed by atoms with E-state index in [4.69, 9.17) is 15.2 Å². The predicted octanol–water partition coefficient (Wildman–Crippen LogP) is 1.66. The number of rotatable bonds is 9. The third-order valence-corrected chi connectivity index (χ3v) is 8.99. The molecule has 0 radical (unpaired) electrons. The Morgan fingerprint density at radius 3 is 2.23 bits per heavy atom. The molecule has 4 fully saturated rings. The van der Waals surface area contributed by atoms with Crippen molar-refractivity contribution in [3.05, 3.63) is 0 Å². The van der Waals surface area contributed by atoms with Gasteiger partial charge in [-0.3, -0.25) is 19.2 Å². The van der Waals surface area contributed by atoms with Crippen molar-refractivity contribution in [3.8, 4) is 0 Å². The first-order chi connectivity index (χ1) is 18.2. The van der Waals surface area contributed by atoms with E-state index in [-0.39, 0.29) is 41.6 Å². The number of nitrogens with zero attached hydrogens (tertiary/aromatic N) is 1. The fourth-order valence-corrected chi connectivity index (χ4v) is 6.67. The SMILES string of the molecule is CC(C)(C)OC(=O)N[C@H](C(=O)N1C[C@H]2[C@@H](C1C(=O)NC(CC1CCO1)C(=O)C(N)=O)C2(C)C)C1CCCCC1. The lowest BCUT2D eigenvalue weighted by Crippen LogP contribution is -2.60. The first kappa shape index (κ1) is 29.3. The summed E-state index contributed by atoms with van der Waals surface area (Å²) in [6, 6.07) is -2.76. The van der Waals surface area contributed by atoms with Crippen LogP contribution in [0.25, 0.3) is 0 Å². The van der Waals surface area contributed by atoms with Crippen molar-refractivity contribution in [2.45, 2.75) is 109 Å². The summed E-state index contributed by atoms with van der Waals surface area (Å²) < 4.78 is 10.9. The summed E-state index contributed by atoms with van der Waals surface area (Å²) in [6.07, 6.45) is 4.58. The third kappa shape index (κ3) is 6.39. The van der Waals surface area contributed by atoms with Gasteiger partial charge in [0.25, 0.3) is 5.91 Å². The van der Waals surface area contributed by atoms with E-state index < -0.39 is 47.4 Å². The highest BCUT2D eigenvalue weighted by Crippen LogP contribution is 2.65. The standard InChI is InChI=1S/C28H44N4O7/c1-27(2,3)39-26(37)31-20(15-9-7-6-8-10-15)25(36)32-14-17-19(28(17,4)5)21(32)24(35)30-18(22(33)23(29)34)13-16-11-12-38-16/h15-21H,6-14H2,1-5H3,(H2,29,34)(H,30,35)(H,31,37)/t16?,17-,18?,19-,20-,21?/m0/s1. The minimum atomic E-state index is -1.12. The molecule has 4 amide bonds. The van der Waals surface area contributed by atoms with Gasteiger partial charge in [0, 0.05) is 19.6 Å². The lowest BCUT2D eigenvalue weighted by Gasteiger charge is -2.37. The second-order valence-electron chi connectivity index (χ2n) is 13.2. The van der Waals surface area contributed by atoms with Gasteiger partial charge in [-0.05, 0) is 63.2 Å². The van der Waals surface area contributed by atoms with Crippen LogP contribution in [0.3, 0.4) is 0 Å². The normalized spacial score (nSPS) is 29.3. The Morgan fingerprint density at radius 2 is 1.69 bits per heavy atom. The molecule has 4 rings (SSSR count). The number of ketones is 1. The number of hydrogen-bond donors (Lipinski definition) is 3. The molecule has 2 saturated carbocycles. The van der Waals surface area contributed by atoms with E-state index in [1.807, 2.05) is 0 Å². The molecule has 6 atom stereocenters. The Labute approximate surface area is 230 Å². The molecule has 0 aromatic rings. The highest BCUT2D eigenvalue weighted by atomic mass is 16.6. The van der Waals surface area contributed by atoms with Gasteiger partial charge >= 0.3 is 6.09 Å². The van der Waals surface area contributed by atoms with Crippen molar-refractivity contribution in [1.29, 1.82) is 0 Å². The average Bonchev–Trinajstić information content (AvgIpc) is 3.15. The predicted molar refractivity (Wildman–Crippen MR) is 141 cm³/mol. The summed E-state index contributed by atoms with van der Waals surface area (Å²) in [7, 11) is 0. The Bertz CT molecular complexity index is 996. The second-order valence-corrected chi connectivity index (χ2v) is 13.2. The Morgan fingerprint density at radius 1 is 1.05 bits per heavy atom. The lowest BCUT2D eigenvalue weighted by molar-refractivity contribution is -0.145. The fourth-order valence-electron chi connectivity index (χ4n) is 6.67. The number of hydrogen-bond acceptors (Lipinski definition) is 7. The highest BCUT2D eigenvalue weighted by Gasteiger charge is 2.69. The van der Waals surface area contributed by atoms with E-state index in [2.05, 4.69) is 24.5 Å². The summed E-state index contributed by atoms with van der Waals surface area (Å²) >= 11 is 0. The van der Waals surface area contributed by atoms with Crippen molar-refractivity contribution < 1.29 is 33.4 Å². The molecule has 0 aromatic heterocycles. The van der Waals surface area contributed by atoms with Crippen LogP contribution >= 0.6 is 0 Å². The number of nitrogens with one attached hydrogen (secondary N) is 2. The fraction of sp³-hybridized carbons (Fsp3) is 0.821. The molecule has 0 spiro atoms. The number of nitrogens with two attached hydrogens (primary N) is 1. The van der Waals surface area contributed by atoms with Crippen molar-refractivity contribution in [2.24, 2.45) is 28.9 Å². The molecule has 11 nitrogen and oxygen atoms in total. The molecule has 218 valence electrons. The summed E-state index contributed by atoms with van der Waals surface area (Å²) in [5.74, 6) is -2.84. The van der Waals surface area contributed by atoms with Gasteiger partial charge in [-0.1, -0.05) is 33.1 Å². The van der Waals surface area contributed by atoms with Crippen molar-refractivity contribution >= 4 is 29.6 Å². The zero-order valence-corrected chi connectivity index (χ0v) is 23.8. The van der Waals surface area contributed by atoms with Gasteiger partial charge in [0.1, 0.15) is 17.7 Å². The first-order valence-corrected chi connectivity index (χ1v) is 14.3. The molecule has 39 heavy (non-hydrogen) atoms. The summed E-state index contributed by atoms with van der Waals surface area (Å²) in [6.45, 7) is 10.4. The molecule has 2 aliphatic heterocycles. The largest absolute Gasteiger partial charge is 0.444 e. The molecule has 11 heteroatoms. The number of ether oxygens (including phenoxy) is 2. The molecular formula is C28H44N4O7. The maximum Gasteiger partial charge on any atom is 0.408 e. The van der Waals surface area contributed by atoms with Crippen LogP contribution < -0.4 is 16.4 Å². The molecular weight excluding hydrogens is 504 g/mol. The molecule has 3 unspecified atom stereocenters. The minimum absolute atomic E-state index is 0.0626. The smallest absolute Gasteiger partial charge is 0.408 e. The van der Waals surface area contributed by atoms with Gasteiger partial charge in [-0.25, -0.2) is 4.79 Å². The van der Waals surface area contributed by atoms with Crippen molar-refractivity contribution in [3.63, 3.8) is 0 Å². The molecule has 2 saturated heterocycles. The summed E-state index contributed by atoms with van der Waals surface area (Å²) in [4.78, 5) is 66.5. The van der Waals surface area contributed by atoms with E-state index in [1.165, 1.54) is 0 Å². The number of piperidine rings is 1. The van der Waals surface area contributed by atoms with Crippen LogP contribution in [-0.4, -0.2) is 77.5 Å². The number of carbonyl (C=O) groups excluding carboxylic acids is 5. The molecule has 0 aromatic carbocycles. The van der Waals surface area contributed by atoms with Gasteiger partial charge < -0.3 is 30.7 Å². The van der Waals surface area contributed by atoms with Gasteiger partial charge in [0.05, 0.1) is 12.1 Å². The molecule has 4 aliphatic rings. The molecule has 4 N–H and O–H groups in total. The Kier molecular flexibility index (Phi) is 8.31. The zero-order chi connectivity index (χ0) is 28.7. The van der Waals surface area contributed by atoms with Crippen LogP contribution in [-0.2, 0) is 28.7 Å². The van der Waals surface area contributed by atoms with Crippen molar-refractivity contribution in [2.75, 3.05) is 13.2 Å². The minimum Gasteiger partial charge on any atom is -0.444 e. The van der Waals surface area contributed by atoms with E-state index in [9.17, 15) is 24.0 Å². The number of alkyl carbamates (subject to hydrolysis) is 1. The van der Waals surface area contributed by atoms with Crippen LogP contribution in [0.1, 0.15) is 79.6 Å². The lowest BCUT2D eigenvalue weighted by atomic mass is 9.83. The number of fused-ring (bicyclic) bond motifs is 1. The topological polar surface area (TPSA) is 157 Å². The molecule has 2 aliphatic carbocycles. The average molecular weight is 549 g/mol. The van der Waals surface area contributed by atoms with Crippen molar-refractivity contribution in [1.82, 2.24) is 15.5 Å². The Balaban J connectivity index is 1.55. The van der Waals surface area contributed by atoms with Crippen LogP contribution in [0.5, 0.6) is 0 Å². The number of primary amides is 1. The number of carbonyl (C=O) groups is 5. The van der Waals surface area contributed by atoms with Gasteiger partial charge in [0.15, 0.2) is 0 Å². The van der Waals surface area contributed by atoms with Crippen LogP contribution in [0.15, 0.2) is 0 Å². The third-order valence-electron chi connectivity index (χ3n) is 8.99. The van der Waals surface area contributed by atoms with Crippen LogP contribution in [0, 0.1) is 23.2 Å². The van der Waals surface area contributed by atoms with Crippen LogP contribution in [0.2, 0.25) is 0 Å². The van der Waals surface area contributed by atoms with E-state index in [0.29, 0.717) is 13.2 Å². The summed E-state index contributed by atoms with van der Waals surface area (Å²) in [5.41, 5.74) is 4.39. The van der Waals surface area contributed by atoms with E-state index in [1.54, 1.807) is 25.7 Å². The summed E-state index contributed by atoms with van der Waals surface area (Å²) in [5, 5.41) is 5.56.